The van der Waals surface area contributed by atoms with E-state index in [2.05, 4.69) is 19.2 Å². The van der Waals surface area contributed by atoms with E-state index in [1.807, 2.05) is 67.7 Å². The van der Waals surface area contributed by atoms with Crippen LogP contribution in [0, 0.1) is 0 Å². The standard InChI is InChI=1S/C24H33NO5Si/c1-24(2,31(4,5)28)16-20-13-9-12-19(14-20)15-21(22(26)29-3)25-23(27)30-17-18-10-7-6-8-11-18/h6-14,21,28H,15-17H2,1-5H3,(H,25,27). The Balaban J connectivity index is 2.05. The summed E-state index contributed by atoms with van der Waals surface area (Å²) in [6.07, 6.45) is 0.331. The fourth-order valence-electron chi connectivity index (χ4n) is 3.07. The maximum Gasteiger partial charge on any atom is 0.408 e. The van der Waals surface area contributed by atoms with E-state index in [1.165, 1.54) is 7.11 Å². The van der Waals surface area contributed by atoms with Gasteiger partial charge in [0, 0.05) is 6.42 Å². The van der Waals surface area contributed by atoms with E-state index >= 15 is 0 Å². The molecule has 0 saturated heterocycles. The van der Waals surface area contributed by atoms with Crippen LogP contribution >= 0.6 is 0 Å². The van der Waals surface area contributed by atoms with Gasteiger partial charge in [0.25, 0.3) is 0 Å². The molecule has 0 aliphatic heterocycles. The molecule has 1 atom stereocenters. The van der Waals surface area contributed by atoms with Crippen molar-refractivity contribution >= 4 is 20.4 Å². The summed E-state index contributed by atoms with van der Waals surface area (Å²) < 4.78 is 10.1. The molecule has 1 amide bonds. The highest BCUT2D eigenvalue weighted by Crippen LogP contribution is 2.38. The molecule has 2 N–H and O–H groups in total. The topological polar surface area (TPSA) is 84.9 Å². The summed E-state index contributed by atoms with van der Waals surface area (Å²) in [6.45, 7) is 8.15. The van der Waals surface area contributed by atoms with Gasteiger partial charge in [0.15, 0.2) is 8.32 Å². The average molecular weight is 444 g/mol. The third-order valence-electron chi connectivity index (χ3n) is 5.72. The number of carbonyl (C=O) groups is 2. The minimum Gasteiger partial charge on any atom is -0.467 e. The van der Waals surface area contributed by atoms with Crippen molar-refractivity contribution in [2.75, 3.05) is 7.11 Å². The highest BCUT2D eigenvalue weighted by Gasteiger charge is 2.38. The summed E-state index contributed by atoms with van der Waals surface area (Å²) in [5, 5.41) is 2.41. The van der Waals surface area contributed by atoms with E-state index in [0.29, 0.717) is 0 Å². The predicted octanol–water partition coefficient (Wildman–Crippen LogP) is 4.22. The van der Waals surface area contributed by atoms with Crippen molar-refractivity contribution in [3.05, 3.63) is 71.3 Å². The van der Waals surface area contributed by atoms with Gasteiger partial charge in [0.2, 0.25) is 0 Å². The van der Waals surface area contributed by atoms with Gasteiger partial charge in [-0.25, -0.2) is 9.59 Å². The smallest absolute Gasteiger partial charge is 0.408 e. The van der Waals surface area contributed by atoms with Crippen LogP contribution in [0.4, 0.5) is 4.79 Å². The number of esters is 1. The van der Waals surface area contributed by atoms with Crippen molar-refractivity contribution in [2.24, 2.45) is 0 Å². The van der Waals surface area contributed by atoms with Gasteiger partial charge in [-0.15, -0.1) is 0 Å². The predicted molar refractivity (Wildman–Crippen MR) is 123 cm³/mol. The quantitative estimate of drug-likeness (QED) is 0.448. The molecule has 0 heterocycles. The van der Waals surface area contributed by atoms with Crippen LogP contribution in [0.5, 0.6) is 0 Å². The van der Waals surface area contributed by atoms with Gasteiger partial charge in [-0.2, -0.15) is 0 Å². The number of alkyl carbamates (subject to hydrolysis) is 1. The van der Waals surface area contributed by atoms with Crippen molar-refractivity contribution in [3.63, 3.8) is 0 Å². The van der Waals surface area contributed by atoms with Crippen LogP contribution in [0.2, 0.25) is 18.1 Å². The van der Waals surface area contributed by atoms with E-state index < -0.39 is 26.4 Å². The van der Waals surface area contributed by atoms with Crippen LogP contribution in [0.15, 0.2) is 54.6 Å². The summed E-state index contributed by atoms with van der Waals surface area (Å²) in [4.78, 5) is 35.1. The molecule has 168 valence electrons. The first-order chi connectivity index (χ1) is 14.5. The summed E-state index contributed by atoms with van der Waals surface area (Å²) in [7, 11) is -1.06. The molecule has 6 nitrogen and oxygen atoms in total. The molecule has 7 heteroatoms. The lowest BCUT2D eigenvalue weighted by atomic mass is 9.97. The first-order valence-corrected chi connectivity index (χ1v) is 13.3. The Morgan fingerprint density at radius 3 is 2.26 bits per heavy atom. The van der Waals surface area contributed by atoms with Crippen molar-refractivity contribution in [3.8, 4) is 0 Å². The lowest BCUT2D eigenvalue weighted by Crippen LogP contribution is -2.43. The second-order valence-corrected chi connectivity index (χ2v) is 13.4. The number of rotatable bonds is 9. The molecule has 0 fully saturated rings. The zero-order chi connectivity index (χ0) is 23.1. The van der Waals surface area contributed by atoms with Crippen LogP contribution in [-0.2, 0) is 33.7 Å². The van der Waals surface area contributed by atoms with Crippen LogP contribution in [-0.4, -0.2) is 38.3 Å². The van der Waals surface area contributed by atoms with Crippen LogP contribution in [0.25, 0.3) is 0 Å². The minimum atomic E-state index is -2.35. The molecule has 0 aliphatic rings. The fraction of sp³-hybridized carbons (Fsp3) is 0.417. The number of nitrogens with one attached hydrogen (secondary N) is 1. The third kappa shape index (κ3) is 7.52. The van der Waals surface area contributed by atoms with E-state index in [0.717, 1.165) is 23.1 Å². The summed E-state index contributed by atoms with van der Waals surface area (Å²) >= 11 is 0. The SMILES string of the molecule is COC(=O)C(Cc1cccc(CC(C)(C)[Si](C)(C)O)c1)NC(=O)OCc1ccccc1. The molecular weight excluding hydrogens is 410 g/mol. The first-order valence-electron chi connectivity index (χ1n) is 10.4. The number of ether oxygens (including phenoxy) is 2. The molecule has 0 spiro atoms. The molecule has 0 aromatic heterocycles. The van der Waals surface area contributed by atoms with E-state index in [4.69, 9.17) is 9.47 Å². The first kappa shape index (κ1) is 24.6. The van der Waals surface area contributed by atoms with Crippen LogP contribution in [0.3, 0.4) is 0 Å². The van der Waals surface area contributed by atoms with Crippen LogP contribution < -0.4 is 5.32 Å². The van der Waals surface area contributed by atoms with Gasteiger partial charge in [-0.3, -0.25) is 0 Å². The van der Waals surface area contributed by atoms with E-state index in [9.17, 15) is 14.4 Å². The summed E-state index contributed by atoms with van der Waals surface area (Å²) in [5.74, 6) is -0.536. The summed E-state index contributed by atoms with van der Waals surface area (Å²) in [5.41, 5.74) is 2.83. The molecule has 0 bridgehead atoms. The lowest BCUT2D eigenvalue weighted by molar-refractivity contribution is -0.143. The Morgan fingerprint density at radius 2 is 1.65 bits per heavy atom. The molecule has 0 aliphatic carbocycles. The highest BCUT2D eigenvalue weighted by molar-refractivity contribution is 6.72. The van der Waals surface area contributed by atoms with Crippen molar-refractivity contribution in [1.82, 2.24) is 5.32 Å². The van der Waals surface area contributed by atoms with E-state index in [-0.39, 0.29) is 18.1 Å². The van der Waals surface area contributed by atoms with Crippen LogP contribution in [0.1, 0.15) is 30.5 Å². The Morgan fingerprint density at radius 1 is 1.03 bits per heavy atom. The average Bonchev–Trinajstić information content (AvgIpc) is 2.71. The molecule has 2 rings (SSSR count). The molecule has 31 heavy (non-hydrogen) atoms. The zero-order valence-electron chi connectivity index (χ0n) is 19.0. The fourth-order valence-corrected chi connectivity index (χ4v) is 3.71. The minimum absolute atomic E-state index is 0.117. The summed E-state index contributed by atoms with van der Waals surface area (Å²) in [6, 6.07) is 16.3. The van der Waals surface area contributed by atoms with Gasteiger partial charge in [0.1, 0.15) is 12.6 Å². The van der Waals surface area contributed by atoms with Gasteiger partial charge in [-0.1, -0.05) is 68.4 Å². The number of amides is 1. The monoisotopic (exact) mass is 443 g/mol. The molecule has 1 unspecified atom stereocenters. The largest absolute Gasteiger partial charge is 0.467 e. The molecule has 0 saturated carbocycles. The molecule has 2 aromatic carbocycles. The molecule has 0 radical (unpaired) electrons. The Kier molecular flexibility index (Phi) is 8.41. The second kappa shape index (κ2) is 10.6. The Labute approximate surface area is 185 Å². The molecular formula is C24H33NO5Si. The van der Waals surface area contributed by atoms with Gasteiger partial charge >= 0.3 is 12.1 Å². The van der Waals surface area contributed by atoms with Crippen molar-refractivity contribution in [1.29, 1.82) is 0 Å². The second-order valence-electron chi connectivity index (χ2n) is 8.93. The maximum atomic E-state index is 12.3. The number of carbonyl (C=O) groups excluding carboxylic acids is 2. The van der Waals surface area contributed by atoms with Gasteiger partial charge in [-0.05, 0) is 41.2 Å². The Bertz CT molecular complexity index is 877. The lowest BCUT2D eigenvalue weighted by Gasteiger charge is -2.35. The Hall–Kier alpha value is -2.64. The van der Waals surface area contributed by atoms with E-state index in [1.54, 1.807) is 0 Å². The highest BCUT2D eigenvalue weighted by atomic mass is 28.4. The number of methoxy groups -OCH3 is 1. The van der Waals surface area contributed by atoms with Crippen molar-refractivity contribution in [2.45, 2.75) is 57.5 Å². The number of hydrogen-bond donors (Lipinski definition) is 2. The maximum absolute atomic E-state index is 12.3. The third-order valence-corrected chi connectivity index (χ3v) is 9.21. The normalized spacial score (nSPS) is 12.7. The number of benzene rings is 2. The number of hydrogen-bond acceptors (Lipinski definition) is 5. The zero-order valence-corrected chi connectivity index (χ0v) is 20.0. The van der Waals surface area contributed by atoms with Gasteiger partial charge in [0.05, 0.1) is 7.11 Å². The van der Waals surface area contributed by atoms with Crippen molar-refractivity contribution < 1.29 is 23.9 Å². The van der Waals surface area contributed by atoms with Gasteiger partial charge < -0.3 is 19.6 Å². The molecule has 2 aromatic rings.